The molecule has 0 aromatic heterocycles. The highest BCUT2D eigenvalue weighted by atomic mass is 16.7. The van der Waals surface area contributed by atoms with Gasteiger partial charge in [-0.2, -0.15) is 0 Å². The second-order valence-corrected chi connectivity index (χ2v) is 29.8. The summed E-state index contributed by atoms with van der Waals surface area (Å²) in [4.78, 5) is 0. The molecule has 0 bridgehead atoms. The van der Waals surface area contributed by atoms with Crippen LogP contribution in [0.4, 0.5) is 0 Å². The summed E-state index contributed by atoms with van der Waals surface area (Å²) in [5.41, 5.74) is 20.3. The molecule has 542 valence electrons. The van der Waals surface area contributed by atoms with Gasteiger partial charge in [-0.1, -0.05) is 249 Å². The fraction of sp³-hybridized carbons (Fsp3) is 0.0857. The van der Waals surface area contributed by atoms with Gasteiger partial charge in [-0.25, -0.2) is 0 Å². The number of epoxide rings is 1. The van der Waals surface area contributed by atoms with E-state index in [2.05, 4.69) is 322 Å². The maximum absolute atomic E-state index is 6.47. The monoisotopic (exact) mass is 1460 g/mol. The van der Waals surface area contributed by atoms with Crippen molar-refractivity contribution >= 4 is 43.1 Å². The first-order valence-corrected chi connectivity index (χ1v) is 38.7. The van der Waals surface area contributed by atoms with Crippen LogP contribution in [0.5, 0.6) is 34.5 Å². The standard InChI is InChI=1S/C105H74O8/c1-2-106-84-45-33-68-57-78(37-29-72(68)61-84)104(98-25-11-5-19-92(98)93-20-6-12-26-99(93)104)79-38-30-73-62-85(46-34-69(73)58-79)108-55-16-15-54-107-82-49-41-76(42-50-82)103(96-23-9-3-17-90(96)91-18-4-10-24-97(91)103)77-43-51-83(52-44-77)109-56-53-88-65-102(113-88)112-87-48-36-71-60-81(40-32-75(71)64-87)105(100-27-13-7-21-94(100)95-22-8-14-28-101(95)105)80-39-31-74-63-86(47-35-70(74)59-80)110-66-89-67-111-89/h2-64,88-89,102H,1,65-67H2/b54-15+,55-16+,56-53+. The molecule has 3 unspecified atom stereocenters. The number of allylic oxidation sites excluding steroid dienone is 2. The SMILES string of the molecule is C=COc1ccc2cc(C3(c4ccc5cc(O/C=C/C=C/Oc6ccc(C7(c8ccc(O/C=C/C9CC(Oc%10ccc%11cc(C%12(c%13ccc%14cc(OCC%15CO%15)ccc%14c%13)c%13ccccc%13-c%13ccccc%13%12)ccc%11c%10)O9)cc8)c8ccccc8-c8ccccc87)cc6)ccc5c4)c4ccccc4-c4ccccc43)ccc2c1. The Labute approximate surface area is 655 Å². The van der Waals surface area contributed by atoms with Gasteiger partial charge in [0.1, 0.15) is 47.2 Å². The molecule has 0 amide bonds. The molecule has 2 saturated heterocycles. The number of hydrogen-bond acceptors (Lipinski definition) is 8. The van der Waals surface area contributed by atoms with Crippen LogP contribution in [0, 0.1) is 0 Å². The molecule has 16 aromatic carbocycles. The van der Waals surface area contributed by atoms with Gasteiger partial charge >= 0.3 is 0 Å². The van der Waals surface area contributed by atoms with Gasteiger partial charge in [-0.15, -0.1) is 0 Å². The quantitative estimate of drug-likeness (QED) is 0.0400. The van der Waals surface area contributed by atoms with Gasteiger partial charge in [0.2, 0.25) is 6.29 Å². The van der Waals surface area contributed by atoms with E-state index in [1.807, 2.05) is 42.5 Å². The van der Waals surface area contributed by atoms with Crippen molar-refractivity contribution in [1.29, 1.82) is 0 Å². The van der Waals surface area contributed by atoms with Crippen LogP contribution < -0.4 is 28.4 Å². The summed E-state index contributed by atoms with van der Waals surface area (Å²) in [6.07, 6.45) is 12.5. The lowest BCUT2D eigenvalue weighted by Crippen LogP contribution is -2.40. The van der Waals surface area contributed by atoms with Gasteiger partial charge in [0.05, 0.1) is 54.0 Å². The van der Waals surface area contributed by atoms with Crippen molar-refractivity contribution < 1.29 is 37.9 Å². The predicted molar refractivity (Wildman–Crippen MR) is 451 cm³/mol. The molecule has 3 atom stereocenters. The summed E-state index contributed by atoms with van der Waals surface area (Å²) in [7, 11) is 0. The largest absolute Gasteiger partial charge is 0.491 e. The Morgan fingerprint density at radius 2 is 0.602 bits per heavy atom. The second kappa shape index (κ2) is 27.7. The van der Waals surface area contributed by atoms with E-state index in [0.29, 0.717) is 18.8 Å². The predicted octanol–water partition coefficient (Wildman–Crippen LogP) is 24.3. The molecule has 2 fully saturated rings. The Morgan fingerprint density at radius 3 is 0.991 bits per heavy atom. The fourth-order valence-corrected chi connectivity index (χ4v) is 18.5. The van der Waals surface area contributed by atoms with E-state index < -0.39 is 16.2 Å². The zero-order valence-corrected chi connectivity index (χ0v) is 61.7. The Morgan fingerprint density at radius 1 is 0.310 bits per heavy atom. The van der Waals surface area contributed by atoms with Crippen molar-refractivity contribution in [2.45, 2.75) is 41.2 Å². The lowest BCUT2D eigenvalue weighted by molar-refractivity contribution is -0.198. The van der Waals surface area contributed by atoms with Crippen LogP contribution in [0.3, 0.4) is 0 Å². The number of rotatable bonds is 21. The molecule has 16 aromatic rings. The second-order valence-electron chi connectivity index (χ2n) is 29.8. The topological polar surface area (TPSA) is 77.1 Å². The molecule has 0 saturated carbocycles. The van der Waals surface area contributed by atoms with Crippen molar-refractivity contribution in [1.82, 2.24) is 0 Å². The summed E-state index contributed by atoms with van der Waals surface area (Å²) in [5.74, 6) is 4.54. The highest BCUT2D eigenvalue weighted by Gasteiger charge is 2.49. The summed E-state index contributed by atoms with van der Waals surface area (Å²) < 4.78 is 48.7. The summed E-state index contributed by atoms with van der Waals surface area (Å²) in [5, 5.41) is 8.95. The molecule has 2 aliphatic heterocycles. The van der Waals surface area contributed by atoms with Crippen molar-refractivity contribution in [3.63, 3.8) is 0 Å². The maximum atomic E-state index is 6.47. The van der Waals surface area contributed by atoms with Crippen LogP contribution in [0.2, 0.25) is 0 Å². The van der Waals surface area contributed by atoms with Gasteiger partial charge in [0.15, 0.2) is 0 Å². The minimum atomic E-state index is -0.615. The summed E-state index contributed by atoms with van der Waals surface area (Å²) in [6, 6.07) is 123. The van der Waals surface area contributed by atoms with Gasteiger partial charge < -0.3 is 37.9 Å². The van der Waals surface area contributed by atoms with E-state index in [1.54, 1.807) is 18.8 Å². The van der Waals surface area contributed by atoms with Gasteiger partial charge in [-0.3, -0.25) is 0 Å². The highest BCUT2D eigenvalue weighted by molar-refractivity contribution is 5.95. The minimum absolute atomic E-state index is 0.154. The summed E-state index contributed by atoms with van der Waals surface area (Å²) >= 11 is 0. The normalized spacial score (nSPS) is 16.8. The molecular weight excluding hydrogens is 1390 g/mol. The average Bonchev–Trinajstić information content (AvgIpc) is 1.57. The number of hydrogen-bond donors (Lipinski definition) is 0. The summed E-state index contributed by atoms with van der Waals surface area (Å²) in [6.45, 7) is 5.09. The fourth-order valence-electron chi connectivity index (χ4n) is 18.5. The number of fused-ring (bicyclic) bond motifs is 13. The first-order valence-electron chi connectivity index (χ1n) is 38.7. The third-order valence-corrected chi connectivity index (χ3v) is 23.7. The molecule has 5 aliphatic rings. The molecule has 3 aliphatic carbocycles. The molecule has 0 N–H and O–H groups in total. The third kappa shape index (κ3) is 11.4. The lowest BCUT2D eigenvalue weighted by Gasteiger charge is -2.34. The zero-order chi connectivity index (χ0) is 75.0. The molecule has 8 nitrogen and oxygen atoms in total. The molecule has 113 heavy (non-hydrogen) atoms. The van der Waals surface area contributed by atoms with E-state index in [9.17, 15) is 0 Å². The van der Waals surface area contributed by atoms with E-state index in [1.165, 1.54) is 95.3 Å². The van der Waals surface area contributed by atoms with E-state index in [0.717, 1.165) is 89.6 Å². The average molecular weight is 1460 g/mol. The van der Waals surface area contributed by atoms with Crippen LogP contribution >= 0.6 is 0 Å². The Hall–Kier alpha value is -13.8. The first-order chi connectivity index (χ1) is 55.9. The minimum Gasteiger partial charge on any atom is -0.491 e. The molecule has 0 spiro atoms. The van der Waals surface area contributed by atoms with Gasteiger partial charge in [0, 0.05) is 6.42 Å². The smallest absolute Gasteiger partial charge is 0.203 e. The molecule has 0 radical (unpaired) electrons. The Bertz CT molecular complexity index is 6420. The van der Waals surface area contributed by atoms with Crippen LogP contribution in [0.25, 0.3) is 76.5 Å². The third-order valence-electron chi connectivity index (χ3n) is 23.7. The Kier molecular flexibility index (Phi) is 16.5. The van der Waals surface area contributed by atoms with Crippen LogP contribution in [0.1, 0.15) is 73.2 Å². The van der Waals surface area contributed by atoms with Gasteiger partial charge in [0.25, 0.3) is 0 Å². The van der Waals surface area contributed by atoms with E-state index in [4.69, 9.17) is 37.9 Å². The molecule has 8 heteroatoms. The van der Waals surface area contributed by atoms with Crippen molar-refractivity contribution in [3.05, 3.63) is 456 Å². The highest BCUT2D eigenvalue weighted by Crippen LogP contribution is 2.60. The lowest BCUT2D eigenvalue weighted by atomic mass is 9.67. The molecule has 2 heterocycles. The van der Waals surface area contributed by atoms with Crippen LogP contribution in [-0.4, -0.2) is 31.7 Å². The van der Waals surface area contributed by atoms with Crippen LogP contribution in [0.15, 0.2) is 390 Å². The van der Waals surface area contributed by atoms with Crippen LogP contribution in [-0.2, 0) is 25.7 Å². The molecular formula is C105H74O8. The van der Waals surface area contributed by atoms with E-state index >= 15 is 0 Å². The zero-order valence-electron chi connectivity index (χ0n) is 61.7. The molecule has 21 rings (SSSR count). The first kappa shape index (κ1) is 67.4. The Balaban J connectivity index is 0.476. The van der Waals surface area contributed by atoms with E-state index in [-0.39, 0.29) is 18.5 Å². The maximum Gasteiger partial charge on any atom is 0.203 e. The number of benzene rings is 16. The van der Waals surface area contributed by atoms with Crippen molar-refractivity contribution in [2.24, 2.45) is 0 Å². The van der Waals surface area contributed by atoms with Crippen molar-refractivity contribution in [2.75, 3.05) is 13.2 Å². The number of ether oxygens (including phenoxy) is 8. The van der Waals surface area contributed by atoms with Crippen molar-refractivity contribution in [3.8, 4) is 67.9 Å². The van der Waals surface area contributed by atoms with Gasteiger partial charge in [-0.05, 0) is 259 Å².